The number of benzene rings is 1. The summed E-state index contributed by atoms with van der Waals surface area (Å²) in [6, 6.07) is 7.10. The van der Waals surface area contributed by atoms with E-state index >= 15 is 0 Å². The molecule has 0 aliphatic carbocycles. The summed E-state index contributed by atoms with van der Waals surface area (Å²) in [4.78, 5) is 0.874. The summed E-state index contributed by atoms with van der Waals surface area (Å²) in [7, 11) is -3.94. The number of terminal acetylenes is 1. The summed E-state index contributed by atoms with van der Waals surface area (Å²) in [6.07, 6.45) is 5.40. The zero-order chi connectivity index (χ0) is 19.6. The third-order valence-electron chi connectivity index (χ3n) is 4.22. The van der Waals surface area contributed by atoms with Gasteiger partial charge in [0.15, 0.2) is 0 Å². The molecule has 0 fully saturated rings. The van der Waals surface area contributed by atoms with Gasteiger partial charge < -0.3 is 12.5 Å². The van der Waals surface area contributed by atoms with Crippen LogP contribution in [-0.2, 0) is 42.7 Å². The third-order valence-corrected chi connectivity index (χ3v) is 7.38. The molecule has 1 aliphatic heterocycles. The van der Waals surface area contributed by atoms with Gasteiger partial charge in [0.25, 0.3) is 10.0 Å². The predicted octanol–water partition coefficient (Wildman–Crippen LogP) is 5.31. The molecule has 0 amide bonds. The SMILES string of the molecule is C#CCN1c2sc(C)c(C)c2C(O)=C(c2ccccc2C)S1(=O)=O.CC.[CH3-].[Y]. The van der Waals surface area contributed by atoms with Gasteiger partial charge in [-0.05, 0) is 31.9 Å². The molecule has 0 unspecified atom stereocenters. The fraction of sp³-hybridized carbons (Fsp3) is 0.286. The van der Waals surface area contributed by atoms with Gasteiger partial charge in [-0.15, -0.1) is 17.8 Å². The van der Waals surface area contributed by atoms with Gasteiger partial charge in [-0.2, -0.15) is 0 Å². The molecule has 2 heterocycles. The zero-order valence-electron chi connectivity index (χ0n) is 17.2. The van der Waals surface area contributed by atoms with Crippen LogP contribution >= 0.6 is 11.3 Å². The number of hydrogen-bond acceptors (Lipinski definition) is 4. The van der Waals surface area contributed by atoms with E-state index in [0.717, 1.165) is 16.0 Å². The first kappa shape index (κ1) is 26.9. The van der Waals surface area contributed by atoms with E-state index in [0.29, 0.717) is 16.1 Å². The van der Waals surface area contributed by atoms with E-state index in [2.05, 4.69) is 5.92 Å². The number of anilines is 1. The van der Waals surface area contributed by atoms with Gasteiger partial charge >= 0.3 is 0 Å². The smallest absolute Gasteiger partial charge is 0.270 e. The van der Waals surface area contributed by atoms with E-state index in [9.17, 15) is 13.5 Å². The second kappa shape index (κ2) is 10.6. The number of rotatable bonds is 2. The average molecular weight is 493 g/mol. The number of sulfonamides is 1. The molecule has 1 aliphatic rings. The Bertz CT molecular complexity index is 1010. The Morgan fingerprint density at radius 1 is 1.18 bits per heavy atom. The molecule has 28 heavy (non-hydrogen) atoms. The van der Waals surface area contributed by atoms with Gasteiger partial charge in [0, 0.05) is 43.1 Å². The molecule has 4 nitrogen and oxygen atoms in total. The maximum Gasteiger partial charge on any atom is 0.270 e. The Hall–Kier alpha value is -1.13. The first-order chi connectivity index (χ1) is 12.3. The third kappa shape index (κ3) is 4.38. The van der Waals surface area contributed by atoms with E-state index in [-0.39, 0.29) is 57.3 Å². The number of aryl methyl sites for hydroxylation is 2. The Labute approximate surface area is 198 Å². The summed E-state index contributed by atoms with van der Waals surface area (Å²) in [5, 5.41) is 11.3. The van der Waals surface area contributed by atoms with Crippen LogP contribution in [0.25, 0.3) is 10.7 Å². The molecule has 0 atom stereocenters. The molecule has 7 heteroatoms. The first-order valence-electron chi connectivity index (χ1n) is 8.36. The molecule has 0 saturated carbocycles. The van der Waals surface area contributed by atoms with Gasteiger partial charge in [0.1, 0.15) is 15.7 Å². The number of thiophene rings is 1. The fourth-order valence-corrected chi connectivity index (χ4v) is 5.95. The van der Waals surface area contributed by atoms with Crippen LogP contribution in [0.4, 0.5) is 5.00 Å². The second-order valence-electron chi connectivity index (χ2n) is 5.67. The van der Waals surface area contributed by atoms with Crippen molar-refractivity contribution in [3.63, 3.8) is 0 Å². The quantitative estimate of drug-likeness (QED) is 0.456. The van der Waals surface area contributed by atoms with Crippen molar-refractivity contribution in [2.75, 3.05) is 10.8 Å². The average Bonchev–Trinajstić information content (AvgIpc) is 2.90. The summed E-state index contributed by atoms with van der Waals surface area (Å²) >= 11 is 1.33. The van der Waals surface area contributed by atoms with Crippen molar-refractivity contribution >= 4 is 37.0 Å². The molecule has 3 rings (SSSR count). The standard InChI is InChI=1S/C18H17NO3S2.C2H6.CH3.Y/c1-5-10-19-18-15(12(3)13(4)23-18)16(20)17(24(19,21)22)14-9-7-6-8-11(14)2;1-2;;/h1,6-9,20H,10H2,2-4H3;1-2H3;1H3;/q;;-1;. The van der Waals surface area contributed by atoms with Crippen molar-refractivity contribution in [1.82, 2.24) is 0 Å². The number of aliphatic hydroxyl groups is 1. The first-order valence-corrected chi connectivity index (χ1v) is 10.6. The molecule has 2 aromatic rings. The molecule has 1 aromatic carbocycles. The topological polar surface area (TPSA) is 57.6 Å². The van der Waals surface area contributed by atoms with Crippen molar-refractivity contribution in [3.05, 3.63) is 58.8 Å². The Balaban J connectivity index is 0.00000177. The molecule has 0 saturated heterocycles. The van der Waals surface area contributed by atoms with Crippen molar-refractivity contribution in [2.24, 2.45) is 0 Å². The van der Waals surface area contributed by atoms with Crippen LogP contribution in [-0.4, -0.2) is 20.1 Å². The van der Waals surface area contributed by atoms with Crippen LogP contribution in [0.2, 0.25) is 0 Å². The summed E-state index contributed by atoms with van der Waals surface area (Å²) in [6.45, 7) is 9.53. The summed E-state index contributed by atoms with van der Waals surface area (Å²) in [5.74, 6) is 2.21. The van der Waals surface area contributed by atoms with Crippen LogP contribution in [0.15, 0.2) is 24.3 Å². The van der Waals surface area contributed by atoms with Gasteiger partial charge in [-0.1, -0.05) is 44.0 Å². The summed E-state index contributed by atoms with van der Waals surface area (Å²) in [5.41, 5.74) is 2.69. The number of hydrogen-bond donors (Lipinski definition) is 1. The van der Waals surface area contributed by atoms with Crippen LogP contribution in [0.1, 0.15) is 41.0 Å². The van der Waals surface area contributed by atoms with Gasteiger partial charge in [0.2, 0.25) is 0 Å². The van der Waals surface area contributed by atoms with Crippen LogP contribution < -0.4 is 4.31 Å². The number of fused-ring (bicyclic) bond motifs is 1. The Kier molecular flexibility index (Phi) is 10.2. The van der Waals surface area contributed by atoms with Crippen molar-refractivity contribution in [2.45, 2.75) is 34.6 Å². The minimum Gasteiger partial charge on any atom is -0.506 e. The molecule has 1 aromatic heterocycles. The predicted molar refractivity (Wildman–Crippen MR) is 117 cm³/mol. The van der Waals surface area contributed by atoms with Gasteiger partial charge in [0.05, 0.1) is 12.1 Å². The van der Waals surface area contributed by atoms with Crippen LogP contribution in [0, 0.1) is 40.5 Å². The minimum absolute atomic E-state index is 0. The monoisotopic (exact) mass is 493 g/mol. The molecular formula is C21H26NO3S2Y-. The van der Waals surface area contributed by atoms with Crippen molar-refractivity contribution < 1.29 is 46.2 Å². The zero-order valence-corrected chi connectivity index (χ0v) is 21.7. The van der Waals surface area contributed by atoms with Crippen molar-refractivity contribution in [3.8, 4) is 12.3 Å². The molecule has 0 bridgehead atoms. The van der Waals surface area contributed by atoms with E-state index in [1.807, 2.05) is 46.8 Å². The van der Waals surface area contributed by atoms with E-state index < -0.39 is 10.0 Å². The second-order valence-corrected chi connectivity index (χ2v) is 8.67. The Morgan fingerprint density at radius 3 is 2.29 bits per heavy atom. The van der Waals surface area contributed by atoms with Gasteiger partial charge in [-0.25, -0.2) is 12.7 Å². The maximum atomic E-state index is 13.2. The molecule has 1 radical (unpaired) electrons. The largest absolute Gasteiger partial charge is 0.506 e. The molecular weight excluding hydrogens is 467 g/mol. The molecule has 0 spiro atoms. The maximum absolute atomic E-state index is 13.2. The molecule has 149 valence electrons. The van der Waals surface area contributed by atoms with Crippen LogP contribution in [0.5, 0.6) is 0 Å². The normalized spacial score (nSPS) is 13.9. The van der Waals surface area contributed by atoms with Crippen molar-refractivity contribution in [1.29, 1.82) is 0 Å². The fourth-order valence-electron chi connectivity index (χ4n) is 2.85. The summed E-state index contributed by atoms with van der Waals surface area (Å²) < 4.78 is 27.6. The minimum atomic E-state index is -3.94. The molecule has 1 N–H and O–H groups in total. The Morgan fingerprint density at radius 2 is 1.75 bits per heavy atom. The van der Waals surface area contributed by atoms with E-state index in [1.165, 1.54) is 15.6 Å². The number of nitrogens with zero attached hydrogens (tertiary/aromatic N) is 1. The van der Waals surface area contributed by atoms with Crippen LogP contribution in [0.3, 0.4) is 0 Å². The van der Waals surface area contributed by atoms with E-state index in [4.69, 9.17) is 6.42 Å². The van der Waals surface area contributed by atoms with Gasteiger partial charge in [-0.3, -0.25) is 0 Å². The van der Waals surface area contributed by atoms with E-state index in [1.54, 1.807) is 12.1 Å². The number of aliphatic hydroxyl groups excluding tert-OH is 1.